The number of ether oxygens (including phenoxy) is 1. The second-order valence-corrected chi connectivity index (χ2v) is 6.87. The largest absolute Gasteiger partial charge is 0.465 e. The van der Waals surface area contributed by atoms with Crippen molar-refractivity contribution in [2.75, 3.05) is 18.6 Å². The molecule has 1 heterocycles. The summed E-state index contributed by atoms with van der Waals surface area (Å²) in [5, 5.41) is 0. The van der Waals surface area contributed by atoms with Crippen molar-refractivity contribution in [1.82, 2.24) is 0 Å². The summed E-state index contributed by atoms with van der Waals surface area (Å²) in [6.07, 6.45) is -1.92. The fourth-order valence-electron chi connectivity index (χ4n) is 1.95. The van der Waals surface area contributed by atoms with E-state index >= 15 is 0 Å². The van der Waals surface area contributed by atoms with Gasteiger partial charge < -0.3 is 4.74 Å². The summed E-state index contributed by atoms with van der Waals surface area (Å²) in [5.41, 5.74) is -0.719. The Hall–Kier alpha value is -2.62. The molecular weight excluding hydrogens is 361 g/mol. The molecule has 0 bridgehead atoms. The molecule has 2 rings (SSSR count). The zero-order chi connectivity index (χ0) is 18.8. The number of nitrogens with zero attached hydrogens (tertiary/aromatic N) is 2. The van der Waals surface area contributed by atoms with Gasteiger partial charge >= 0.3 is 22.2 Å². The zero-order valence-corrected chi connectivity index (χ0v) is 14.0. The van der Waals surface area contributed by atoms with E-state index in [0.717, 1.165) is 16.5 Å². The molecule has 134 valence electrons. The number of esters is 1. The van der Waals surface area contributed by atoms with Crippen LogP contribution in [-0.2, 0) is 20.9 Å². The van der Waals surface area contributed by atoms with E-state index in [1.54, 1.807) is 0 Å². The van der Waals surface area contributed by atoms with E-state index in [1.807, 2.05) is 0 Å². The van der Waals surface area contributed by atoms with E-state index in [0.29, 0.717) is 12.1 Å². The van der Waals surface area contributed by atoms with E-state index in [-0.39, 0.29) is 10.5 Å². The predicted octanol–water partition coefficient (Wildman–Crippen LogP) is 1.74. The number of carbonyl (C=O) groups excluding carboxylic acids is 1. The van der Waals surface area contributed by atoms with Crippen LogP contribution < -0.4 is 9.09 Å². The van der Waals surface area contributed by atoms with Gasteiger partial charge in [-0.25, -0.2) is 4.79 Å². The van der Waals surface area contributed by atoms with Crippen molar-refractivity contribution in [3.8, 4) is 0 Å². The Morgan fingerprint density at radius 1 is 1.08 bits per heavy atom. The summed E-state index contributed by atoms with van der Waals surface area (Å²) in [5.74, 6) is -0.583. The van der Waals surface area contributed by atoms with E-state index in [2.05, 4.69) is 4.74 Å². The quantitative estimate of drug-likeness (QED) is 0.603. The van der Waals surface area contributed by atoms with Crippen molar-refractivity contribution in [2.24, 2.45) is 0 Å². The molecule has 0 saturated heterocycles. The maximum atomic E-state index is 12.6. The molecule has 0 N–H and O–H groups in total. The molecule has 0 unspecified atom stereocenters. The third-order valence-corrected chi connectivity index (χ3v) is 5.14. The smallest absolute Gasteiger partial charge is 0.416 e. The lowest BCUT2D eigenvalue weighted by Gasteiger charge is -2.14. The zero-order valence-electron chi connectivity index (χ0n) is 13.2. The van der Waals surface area contributed by atoms with Crippen LogP contribution >= 0.6 is 0 Å². The van der Waals surface area contributed by atoms with Crippen LogP contribution in [0.25, 0.3) is 0 Å². The van der Waals surface area contributed by atoms with Gasteiger partial charge in [0.25, 0.3) is 0 Å². The first-order valence-corrected chi connectivity index (χ1v) is 8.27. The highest BCUT2D eigenvalue weighted by atomic mass is 32.2. The van der Waals surface area contributed by atoms with Crippen molar-refractivity contribution in [1.29, 1.82) is 0 Å². The highest BCUT2D eigenvalue weighted by molar-refractivity contribution is 7.92. The van der Waals surface area contributed by atoms with Crippen LogP contribution in [0.5, 0.6) is 0 Å². The predicted molar refractivity (Wildman–Crippen MR) is 80.7 cm³/mol. The molecule has 0 saturated carbocycles. The molecule has 0 aliphatic heterocycles. The van der Waals surface area contributed by atoms with E-state index in [9.17, 15) is 26.4 Å². The van der Waals surface area contributed by atoms with Gasteiger partial charge in [-0.1, -0.05) is 9.09 Å². The minimum atomic E-state index is -4.55. The molecule has 0 spiro atoms. The average molecular weight is 375 g/mol. The van der Waals surface area contributed by atoms with Crippen molar-refractivity contribution in [3.63, 3.8) is 0 Å². The SMILES string of the molecule is COC(=O)c1cc[n+](N(C)S(=O)(=O)c2ccc(C(F)(F)F)cc2)cc1. The number of halogens is 3. The second-order valence-electron chi connectivity index (χ2n) is 4.92. The molecule has 1 aromatic heterocycles. The first-order valence-electron chi connectivity index (χ1n) is 6.83. The molecule has 1 aromatic carbocycles. The fourth-order valence-corrected chi connectivity index (χ4v) is 3.10. The molecule has 0 atom stereocenters. The van der Waals surface area contributed by atoms with Crippen LogP contribution in [0.3, 0.4) is 0 Å². The molecule has 0 aliphatic carbocycles. The summed E-state index contributed by atoms with van der Waals surface area (Å²) in [6.45, 7) is 0. The van der Waals surface area contributed by atoms with E-state index in [1.165, 1.54) is 43.4 Å². The number of hydrogen-bond donors (Lipinski definition) is 0. The van der Waals surface area contributed by atoms with Gasteiger partial charge in [0.15, 0.2) is 0 Å². The Labute approximate surface area is 142 Å². The van der Waals surface area contributed by atoms with Crippen LogP contribution in [0.2, 0.25) is 0 Å². The third kappa shape index (κ3) is 3.90. The van der Waals surface area contributed by atoms with Crippen LogP contribution in [0.1, 0.15) is 15.9 Å². The molecular formula is C15H14F3N2O4S+. The van der Waals surface area contributed by atoms with Crippen LogP contribution in [0.15, 0.2) is 53.7 Å². The lowest BCUT2D eigenvalue weighted by atomic mass is 10.2. The highest BCUT2D eigenvalue weighted by Crippen LogP contribution is 2.29. The Morgan fingerprint density at radius 3 is 2.04 bits per heavy atom. The van der Waals surface area contributed by atoms with Gasteiger partial charge in [0.2, 0.25) is 12.4 Å². The molecule has 0 aliphatic rings. The number of hydrogen-bond acceptors (Lipinski definition) is 4. The topological polar surface area (TPSA) is 67.6 Å². The second kappa shape index (κ2) is 6.71. The lowest BCUT2D eigenvalue weighted by Crippen LogP contribution is -2.57. The first kappa shape index (κ1) is 18.7. The summed E-state index contributed by atoms with van der Waals surface area (Å²) in [4.78, 5) is 11.1. The van der Waals surface area contributed by atoms with Gasteiger partial charge in [-0.3, -0.25) is 0 Å². The van der Waals surface area contributed by atoms with Crippen LogP contribution in [-0.4, -0.2) is 28.5 Å². The molecule has 10 heteroatoms. The standard InChI is InChI=1S/C15H14F3N2O4S/c1-19(20-9-7-11(8-10-20)14(21)24-2)25(22,23)13-5-3-12(4-6-13)15(16,17)18/h3-10H,1-2H3/q+1. The maximum Gasteiger partial charge on any atom is 0.416 e. The number of carbonyl (C=O) groups is 1. The number of methoxy groups -OCH3 is 1. The lowest BCUT2D eigenvalue weighted by molar-refractivity contribution is -0.673. The summed E-state index contributed by atoms with van der Waals surface area (Å²) in [6, 6.07) is 5.88. The Bertz CT molecular complexity index is 863. The van der Waals surface area contributed by atoms with Crippen LogP contribution in [0.4, 0.5) is 13.2 Å². The minimum Gasteiger partial charge on any atom is -0.465 e. The first-order chi connectivity index (χ1) is 11.6. The minimum absolute atomic E-state index is 0.221. The molecule has 25 heavy (non-hydrogen) atoms. The Balaban J connectivity index is 2.31. The number of pyridine rings is 1. The maximum absolute atomic E-state index is 12.6. The van der Waals surface area contributed by atoms with Gasteiger partial charge in [-0.15, -0.1) is 0 Å². The molecule has 6 nitrogen and oxygen atoms in total. The van der Waals surface area contributed by atoms with Crippen molar-refractivity contribution >= 4 is 16.0 Å². The molecule has 0 fully saturated rings. The summed E-state index contributed by atoms with van der Waals surface area (Å²) in [7, 11) is -1.64. The van der Waals surface area contributed by atoms with Gasteiger partial charge in [-0.05, 0) is 24.3 Å². The molecule has 2 aromatic rings. The van der Waals surface area contributed by atoms with Gasteiger partial charge in [-0.2, -0.15) is 21.6 Å². The number of aromatic nitrogens is 1. The Morgan fingerprint density at radius 2 is 1.60 bits per heavy atom. The molecule has 0 radical (unpaired) electrons. The van der Waals surface area contributed by atoms with E-state index < -0.39 is 27.7 Å². The number of sulfonamides is 1. The highest BCUT2D eigenvalue weighted by Gasteiger charge is 2.32. The van der Waals surface area contributed by atoms with Crippen molar-refractivity contribution in [2.45, 2.75) is 11.1 Å². The van der Waals surface area contributed by atoms with E-state index in [4.69, 9.17) is 0 Å². The number of alkyl halides is 3. The summed E-state index contributed by atoms with van der Waals surface area (Å²) < 4.78 is 69.2. The monoisotopic (exact) mass is 375 g/mol. The summed E-state index contributed by atoms with van der Waals surface area (Å²) >= 11 is 0. The number of rotatable bonds is 4. The Kier molecular flexibility index (Phi) is 5.02. The average Bonchev–Trinajstić information content (AvgIpc) is 2.60. The fraction of sp³-hybridized carbons (Fsp3) is 0.200. The van der Waals surface area contributed by atoms with Gasteiger partial charge in [0.1, 0.15) is 0 Å². The third-order valence-electron chi connectivity index (χ3n) is 3.39. The van der Waals surface area contributed by atoms with Gasteiger partial charge in [0, 0.05) is 12.1 Å². The van der Waals surface area contributed by atoms with Gasteiger partial charge in [0.05, 0.1) is 30.2 Å². The number of benzene rings is 1. The van der Waals surface area contributed by atoms with Crippen molar-refractivity contribution in [3.05, 3.63) is 59.9 Å². The van der Waals surface area contributed by atoms with Crippen LogP contribution in [0, 0.1) is 0 Å². The van der Waals surface area contributed by atoms with Crippen molar-refractivity contribution < 1.29 is 35.8 Å². The normalized spacial score (nSPS) is 11.9. The molecule has 0 amide bonds.